The maximum atomic E-state index is 13.1. The lowest BCUT2D eigenvalue weighted by Crippen LogP contribution is -2.39. The highest BCUT2D eigenvalue weighted by atomic mass is 19.1. The number of amides is 1. The summed E-state index contributed by atoms with van der Waals surface area (Å²) in [5.74, 6) is 1.06. The average molecular weight is 288 g/mol. The van der Waals surface area contributed by atoms with Crippen LogP contribution in [0.3, 0.4) is 0 Å². The van der Waals surface area contributed by atoms with Gasteiger partial charge in [0.25, 0.3) is 0 Å². The van der Waals surface area contributed by atoms with Gasteiger partial charge in [0.15, 0.2) is 0 Å². The third-order valence-corrected chi connectivity index (χ3v) is 5.76. The predicted octanol–water partition coefficient (Wildman–Crippen LogP) is 2.05. The second-order valence-electron chi connectivity index (χ2n) is 6.96. The molecule has 0 radical (unpaired) electrons. The van der Waals surface area contributed by atoms with Gasteiger partial charge in [-0.25, -0.2) is 4.39 Å². The van der Waals surface area contributed by atoms with Crippen LogP contribution in [0, 0.1) is 17.7 Å². The second-order valence-corrected chi connectivity index (χ2v) is 6.96. The lowest BCUT2D eigenvalue weighted by atomic mass is 9.94. The lowest BCUT2D eigenvalue weighted by Gasteiger charge is -2.25. The van der Waals surface area contributed by atoms with Gasteiger partial charge in [0.1, 0.15) is 5.82 Å². The van der Waals surface area contributed by atoms with Gasteiger partial charge in [-0.1, -0.05) is 12.1 Å². The number of carbonyl (C=O) groups excluding carboxylic acids is 1. The molecule has 0 spiro atoms. The first-order chi connectivity index (χ1) is 10.1. The van der Waals surface area contributed by atoms with E-state index in [-0.39, 0.29) is 23.2 Å². The molecule has 3 fully saturated rings. The number of nitrogens with zero attached hydrogens (tertiary/aromatic N) is 1. The number of hydrogen-bond acceptors (Lipinski definition) is 2. The maximum Gasteiger partial charge on any atom is 0.233 e. The quantitative estimate of drug-likeness (QED) is 0.905. The summed E-state index contributed by atoms with van der Waals surface area (Å²) in [5, 5.41) is 0. The van der Waals surface area contributed by atoms with Gasteiger partial charge in [-0.05, 0) is 55.2 Å². The number of carbonyl (C=O) groups is 1. The molecule has 1 aromatic carbocycles. The number of fused-ring (bicyclic) bond motifs is 1. The SMILES string of the molecule is NC1CCC2CN(C(=O)C3(c4ccc(F)cc4)CC3)CC12. The molecule has 1 aromatic rings. The first-order valence-electron chi connectivity index (χ1n) is 7.91. The highest BCUT2D eigenvalue weighted by molar-refractivity contribution is 5.91. The molecule has 2 aliphatic carbocycles. The van der Waals surface area contributed by atoms with Crippen LogP contribution < -0.4 is 5.73 Å². The van der Waals surface area contributed by atoms with E-state index < -0.39 is 0 Å². The minimum Gasteiger partial charge on any atom is -0.341 e. The fourth-order valence-corrected chi connectivity index (χ4v) is 4.30. The normalized spacial score (nSPS) is 33.0. The second kappa shape index (κ2) is 4.54. The van der Waals surface area contributed by atoms with E-state index in [0.29, 0.717) is 11.8 Å². The van der Waals surface area contributed by atoms with Gasteiger partial charge in [-0.3, -0.25) is 4.79 Å². The predicted molar refractivity (Wildman–Crippen MR) is 78.1 cm³/mol. The molecule has 112 valence electrons. The smallest absolute Gasteiger partial charge is 0.233 e. The van der Waals surface area contributed by atoms with Crippen LogP contribution in [-0.2, 0) is 10.2 Å². The first kappa shape index (κ1) is 13.3. The van der Waals surface area contributed by atoms with Gasteiger partial charge >= 0.3 is 0 Å². The molecule has 2 saturated carbocycles. The summed E-state index contributed by atoms with van der Waals surface area (Å²) in [6.45, 7) is 1.67. The van der Waals surface area contributed by atoms with Crippen LogP contribution in [0.4, 0.5) is 4.39 Å². The van der Waals surface area contributed by atoms with Crippen LogP contribution in [0.5, 0.6) is 0 Å². The Kier molecular flexibility index (Phi) is 2.86. The number of nitrogens with two attached hydrogens (primary N) is 1. The van der Waals surface area contributed by atoms with E-state index in [0.717, 1.165) is 44.3 Å². The van der Waals surface area contributed by atoms with Crippen LogP contribution in [0.25, 0.3) is 0 Å². The minimum absolute atomic E-state index is 0.232. The van der Waals surface area contributed by atoms with Crippen molar-refractivity contribution < 1.29 is 9.18 Å². The van der Waals surface area contributed by atoms with Crippen molar-refractivity contribution >= 4 is 5.91 Å². The van der Waals surface area contributed by atoms with E-state index in [1.54, 1.807) is 12.1 Å². The highest BCUT2D eigenvalue weighted by Crippen LogP contribution is 2.51. The van der Waals surface area contributed by atoms with Gasteiger partial charge < -0.3 is 10.6 Å². The van der Waals surface area contributed by atoms with Gasteiger partial charge in [0.2, 0.25) is 5.91 Å². The monoisotopic (exact) mass is 288 g/mol. The Labute approximate surface area is 124 Å². The summed E-state index contributed by atoms with van der Waals surface area (Å²) in [7, 11) is 0. The third kappa shape index (κ3) is 2.00. The zero-order chi connectivity index (χ0) is 14.6. The molecule has 2 N–H and O–H groups in total. The number of likely N-dealkylation sites (tertiary alicyclic amines) is 1. The van der Waals surface area contributed by atoms with Crippen molar-refractivity contribution in [2.75, 3.05) is 13.1 Å². The van der Waals surface area contributed by atoms with Gasteiger partial charge in [-0.15, -0.1) is 0 Å². The number of hydrogen-bond donors (Lipinski definition) is 1. The Morgan fingerprint density at radius 2 is 1.90 bits per heavy atom. The number of benzene rings is 1. The molecule has 1 aliphatic heterocycles. The van der Waals surface area contributed by atoms with Crippen molar-refractivity contribution in [3.8, 4) is 0 Å². The molecular weight excluding hydrogens is 267 g/mol. The minimum atomic E-state index is -0.379. The Balaban J connectivity index is 1.54. The summed E-state index contributed by atoms with van der Waals surface area (Å²) in [6, 6.07) is 6.70. The van der Waals surface area contributed by atoms with Gasteiger partial charge in [-0.2, -0.15) is 0 Å². The van der Waals surface area contributed by atoms with E-state index in [9.17, 15) is 9.18 Å². The first-order valence-corrected chi connectivity index (χ1v) is 7.91. The molecular formula is C17H21FN2O. The molecule has 3 aliphatic rings. The van der Waals surface area contributed by atoms with Crippen LogP contribution in [-0.4, -0.2) is 29.9 Å². The van der Waals surface area contributed by atoms with E-state index in [4.69, 9.17) is 5.73 Å². The summed E-state index contributed by atoms with van der Waals surface area (Å²) >= 11 is 0. The lowest BCUT2D eigenvalue weighted by molar-refractivity contribution is -0.133. The molecule has 1 heterocycles. The molecule has 3 nitrogen and oxygen atoms in total. The molecule has 0 aromatic heterocycles. The van der Waals surface area contributed by atoms with Crippen LogP contribution in [0.15, 0.2) is 24.3 Å². The molecule has 3 unspecified atom stereocenters. The number of halogens is 1. The zero-order valence-electron chi connectivity index (χ0n) is 12.1. The van der Waals surface area contributed by atoms with Crippen molar-refractivity contribution in [2.45, 2.75) is 37.1 Å². The average Bonchev–Trinajstić information content (AvgIpc) is 3.06. The van der Waals surface area contributed by atoms with Crippen molar-refractivity contribution in [2.24, 2.45) is 17.6 Å². The van der Waals surface area contributed by atoms with Gasteiger partial charge in [0.05, 0.1) is 5.41 Å². The summed E-state index contributed by atoms with van der Waals surface area (Å²) in [5.41, 5.74) is 6.74. The van der Waals surface area contributed by atoms with E-state index >= 15 is 0 Å². The largest absolute Gasteiger partial charge is 0.341 e. The molecule has 3 atom stereocenters. The maximum absolute atomic E-state index is 13.1. The Morgan fingerprint density at radius 3 is 2.52 bits per heavy atom. The molecule has 4 heteroatoms. The topological polar surface area (TPSA) is 46.3 Å². The number of rotatable bonds is 2. The van der Waals surface area contributed by atoms with Crippen molar-refractivity contribution in [3.05, 3.63) is 35.6 Å². The molecule has 1 amide bonds. The zero-order valence-corrected chi connectivity index (χ0v) is 12.1. The Morgan fingerprint density at radius 1 is 1.19 bits per heavy atom. The van der Waals surface area contributed by atoms with Crippen molar-refractivity contribution in [1.82, 2.24) is 4.90 Å². The molecule has 4 rings (SSSR count). The Bertz CT molecular complexity index is 567. The molecule has 21 heavy (non-hydrogen) atoms. The van der Waals surface area contributed by atoms with Crippen LogP contribution in [0.2, 0.25) is 0 Å². The van der Waals surface area contributed by atoms with E-state index in [2.05, 4.69) is 0 Å². The van der Waals surface area contributed by atoms with Gasteiger partial charge in [0, 0.05) is 19.1 Å². The van der Waals surface area contributed by atoms with Crippen LogP contribution >= 0.6 is 0 Å². The van der Waals surface area contributed by atoms with Crippen LogP contribution in [0.1, 0.15) is 31.2 Å². The third-order valence-electron chi connectivity index (χ3n) is 5.76. The molecule has 0 bridgehead atoms. The fraction of sp³-hybridized carbons (Fsp3) is 0.588. The fourth-order valence-electron chi connectivity index (χ4n) is 4.30. The standard InChI is InChI=1S/C17H21FN2O/c18-13-4-2-12(3-5-13)17(7-8-17)16(21)20-9-11-1-6-15(19)14(11)10-20/h2-5,11,14-15H,1,6-10,19H2. The van der Waals surface area contributed by atoms with Crippen molar-refractivity contribution in [1.29, 1.82) is 0 Å². The summed E-state index contributed by atoms with van der Waals surface area (Å²) in [6.07, 6.45) is 4.02. The van der Waals surface area contributed by atoms with E-state index in [1.807, 2.05) is 4.90 Å². The Hall–Kier alpha value is -1.42. The summed E-state index contributed by atoms with van der Waals surface area (Å²) < 4.78 is 13.1. The van der Waals surface area contributed by atoms with Crippen molar-refractivity contribution in [3.63, 3.8) is 0 Å². The van der Waals surface area contributed by atoms with E-state index in [1.165, 1.54) is 12.1 Å². The summed E-state index contributed by atoms with van der Waals surface area (Å²) in [4.78, 5) is 15.0. The molecule has 1 saturated heterocycles. The highest BCUT2D eigenvalue weighted by Gasteiger charge is 2.55.